The van der Waals surface area contributed by atoms with E-state index in [1.165, 1.54) is 38.1 Å². The van der Waals surface area contributed by atoms with Crippen molar-refractivity contribution in [3.8, 4) is 0 Å². The minimum absolute atomic E-state index is 0.500. The van der Waals surface area contributed by atoms with E-state index in [0.29, 0.717) is 5.41 Å². The Bertz CT molecular complexity index is 1930. The van der Waals surface area contributed by atoms with Crippen molar-refractivity contribution in [3.05, 3.63) is 212 Å². The number of pyridine rings is 1. The Morgan fingerprint density at radius 1 is 0.491 bits per heavy atom. The molecule has 1 nitrogen and oxygen atoms in total. The van der Waals surface area contributed by atoms with Crippen LogP contribution in [0.15, 0.2) is 212 Å². The number of nitrogens with zero attached hydrogens (tertiary/aromatic N) is 1. The zero-order chi connectivity index (χ0) is 38.2. The van der Waals surface area contributed by atoms with Crippen LogP contribution in [0.1, 0.15) is 61.3 Å². The molecule has 0 saturated heterocycles. The SMILES string of the molecule is C1=CCC2=CC=CC2=C1.C1=CCC=C1.CC(C)(C)C.CC(C)C.c1ccc2c(c1)ccc1cccnc12.c1ccc2ccccc2c1.c1ccccc1. The average molecular weight is 698 g/mol. The van der Waals surface area contributed by atoms with Crippen molar-refractivity contribution in [1.82, 2.24) is 4.98 Å². The van der Waals surface area contributed by atoms with Crippen LogP contribution in [0, 0.1) is 11.3 Å². The van der Waals surface area contributed by atoms with E-state index in [9.17, 15) is 0 Å². The van der Waals surface area contributed by atoms with Crippen LogP contribution in [-0.2, 0) is 0 Å². The molecule has 1 heteroatoms. The minimum Gasteiger partial charge on any atom is -0.256 e. The zero-order valence-electron chi connectivity index (χ0n) is 33.0. The molecule has 0 bridgehead atoms. The fourth-order valence-corrected chi connectivity index (χ4v) is 4.91. The van der Waals surface area contributed by atoms with Gasteiger partial charge in [-0.2, -0.15) is 0 Å². The molecule has 0 unspecified atom stereocenters. The van der Waals surface area contributed by atoms with Crippen LogP contribution < -0.4 is 0 Å². The van der Waals surface area contributed by atoms with E-state index in [1.807, 2.05) is 48.7 Å². The van der Waals surface area contributed by atoms with Gasteiger partial charge in [0.15, 0.2) is 0 Å². The van der Waals surface area contributed by atoms with Gasteiger partial charge in [0.1, 0.15) is 0 Å². The molecule has 272 valence electrons. The quantitative estimate of drug-likeness (QED) is 0.144. The summed E-state index contributed by atoms with van der Waals surface area (Å²) in [6, 6.07) is 45.4. The lowest BCUT2D eigenvalue weighted by atomic mass is 10.0. The standard InChI is InChI=1S/C13H9N.C10H8.C9H8.C6H6.C5H6.C5H12.C4H10/c1-2-6-12-10(4-1)7-8-11-5-3-9-14-13(11)12;1-2-6-10-8-4-3-7-9(10)5-1;1-2-5-9-7-3-6-8(9)4-1;1-2-4-6-5-3-1;1-2-4-5-3-1;1-5(2,3)4;1-4(2)3/h1-9H;1-8H;1-4,6-7H,5H2;1-6H;1-4H,5H2;1-4H3;4H,1-3H3. The second-order valence-corrected chi connectivity index (χ2v) is 15.0. The minimum atomic E-state index is 0.500. The lowest BCUT2D eigenvalue weighted by molar-refractivity contribution is 0.469. The summed E-state index contributed by atoms with van der Waals surface area (Å²) >= 11 is 0. The molecule has 53 heavy (non-hydrogen) atoms. The Morgan fingerprint density at radius 2 is 0.962 bits per heavy atom. The maximum atomic E-state index is 4.41. The van der Waals surface area contributed by atoms with Gasteiger partial charge in [-0.15, -0.1) is 0 Å². The first-order chi connectivity index (χ1) is 25.6. The molecule has 3 aliphatic carbocycles. The van der Waals surface area contributed by atoms with Crippen molar-refractivity contribution in [2.45, 2.75) is 61.3 Å². The predicted molar refractivity (Wildman–Crippen MR) is 237 cm³/mol. The van der Waals surface area contributed by atoms with Crippen molar-refractivity contribution < 1.29 is 0 Å². The molecular weight excluding hydrogens is 639 g/mol. The normalized spacial score (nSPS) is 12.8. The van der Waals surface area contributed by atoms with Gasteiger partial charge in [0.25, 0.3) is 0 Å². The van der Waals surface area contributed by atoms with Gasteiger partial charge in [-0.3, -0.25) is 4.98 Å². The van der Waals surface area contributed by atoms with E-state index in [1.54, 1.807) is 0 Å². The third kappa shape index (κ3) is 18.0. The largest absolute Gasteiger partial charge is 0.256 e. The number of allylic oxidation sites excluding steroid dienone is 12. The van der Waals surface area contributed by atoms with E-state index >= 15 is 0 Å². The molecule has 9 rings (SSSR count). The summed E-state index contributed by atoms with van der Waals surface area (Å²) in [6.45, 7) is 15.2. The van der Waals surface area contributed by atoms with Gasteiger partial charge in [-0.25, -0.2) is 0 Å². The van der Waals surface area contributed by atoms with Crippen LogP contribution in [0.2, 0.25) is 0 Å². The van der Waals surface area contributed by atoms with E-state index in [2.05, 4.69) is 205 Å². The fourth-order valence-electron chi connectivity index (χ4n) is 4.91. The number of rotatable bonds is 0. The Morgan fingerprint density at radius 3 is 1.45 bits per heavy atom. The summed E-state index contributed by atoms with van der Waals surface area (Å²) in [5.41, 5.74) is 4.43. The van der Waals surface area contributed by atoms with E-state index in [4.69, 9.17) is 0 Å². The highest BCUT2D eigenvalue weighted by atomic mass is 14.6. The second kappa shape index (κ2) is 23.8. The summed E-state index contributed by atoms with van der Waals surface area (Å²) in [5.74, 6) is 0.833. The van der Waals surface area contributed by atoms with Crippen molar-refractivity contribution in [2.75, 3.05) is 0 Å². The van der Waals surface area contributed by atoms with Crippen molar-refractivity contribution >= 4 is 32.4 Å². The molecule has 1 aromatic heterocycles. The fraction of sp³-hybridized carbons (Fsp3) is 0.212. The highest BCUT2D eigenvalue weighted by molar-refractivity contribution is 6.04. The van der Waals surface area contributed by atoms with Crippen LogP contribution in [0.3, 0.4) is 0 Å². The summed E-state index contributed by atoms with van der Waals surface area (Å²) in [7, 11) is 0. The average Bonchev–Trinajstić information content (AvgIpc) is 3.92. The zero-order valence-corrected chi connectivity index (χ0v) is 33.0. The third-order valence-electron chi connectivity index (χ3n) is 7.17. The summed E-state index contributed by atoms with van der Waals surface area (Å²) in [5, 5.41) is 6.30. The number of aromatic nitrogens is 1. The highest BCUT2D eigenvalue weighted by Gasteiger charge is 2.05. The van der Waals surface area contributed by atoms with Crippen LogP contribution >= 0.6 is 0 Å². The van der Waals surface area contributed by atoms with Gasteiger partial charge in [-0.05, 0) is 57.5 Å². The number of hydrogen-bond donors (Lipinski definition) is 0. The molecule has 0 aliphatic heterocycles. The first-order valence-electron chi connectivity index (χ1n) is 18.8. The van der Waals surface area contributed by atoms with Crippen molar-refractivity contribution in [1.29, 1.82) is 0 Å². The maximum Gasteiger partial charge on any atom is 0.0780 e. The Balaban J connectivity index is 0.000000175. The van der Waals surface area contributed by atoms with Gasteiger partial charge < -0.3 is 0 Å². The smallest absolute Gasteiger partial charge is 0.0780 e. The van der Waals surface area contributed by atoms with Crippen LogP contribution in [0.25, 0.3) is 32.4 Å². The van der Waals surface area contributed by atoms with Gasteiger partial charge in [0.2, 0.25) is 0 Å². The maximum absolute atomic E-state index is 4.41. The number of fused-ring (bicyclic) bond motifs is 5. The predicted octanol–water partition coefficient (Wildman–Crippen LogP) is 15.5. The molecule has 0 spiro atoms. The van der Waals surface area contributed by atoms with E-state index in [-0.39, 0.29) is 0 Å². The lowest BCUT2D eigenvalue weighted by Gasteiger charge is -2.05. The van der Waals surface area contributed by atoms with Crippen molar-refractivity contribution in [2.24, 2.45) is 11.3 Å². The first kappa shape index (κ1) is 41.9. The number of hydrogen-bond acceptors (Lipinski definition) is 1. The molecule has 0 fully saturated rings. The van der Waals surface area contributed by atoms with Crippen molar-refractivity contribution in [3.63, 3.8) is 0 Å². The lowest BCUT2D eigenvalue weighted by Crippen LogP contribution is -1.93. The molecule has 0 atom stereocenters. The molecule has 5 aromatic carbocycles. The third-order valence-corrected chi connectivity index (χ3v) is 7.17. The van der Waals surface area contributed by atoms with Gasteiger partial charge in [-0.1, -0.05) is 237 Å². The van der Waals surface area contributed by atoms with Gasteiger partial charge in [0, 0.05) is 17.0 Å². The summed E-state index contributed by atoms with van der Waals surface area (Å²) < 4.78 is 0. The van der Waals surface area contributed by atoms with E-state index < -0.39 is 0 Å². The topological polar surface area (TPSA) is 12.9 Å². The Hall–Kier alpha value is -5.53. The molecule has 1 heterocycles. The Kier molecular flexibility index (Phi) is 18.8. The second-order valence-electron chi connectivity index (χ2n) is 15.0. The molecule has 0 N–H and O–H groups in total. The number of benzene rings is 5. The summed E-state index contributed by atoms with van der Waals surface area (Å²) in [6.07, 6.45) is 25.3. The highest BCUT2D eigenvalue weighted by Crippen LogP contribution is 2.25. The summed E-state index contributed by atoms with van der Waals surface area (Å²) in [4.78, 5) is 4.41. The van der Waals surface area contributed by atoms with Crippen LogP contribution in [0.4, 0.5) is 0 Å². The first-order valence-corrected chi connectivity index (χ1v) is 18.8. The van der Waals surface area contributed by atoms with Gasteiger partial charge in [0.05, 0.1) is 5.52 Å². The molecule has 6 aromatic rings. The van der Waals surface area contributed by atoms with Gasteiger partial charge >= 0.3 is 0 Å². The molecular formula is C52H59N. The monoisotopic (exact) mass is 697 g/mol. The molecule has 3 aliphatic rings. The molecule has 0 saturated carbocycles. The van der Waals surface area contributed by atoms with Crippen LogP contribution in [-0.4, -0.2) is 4.98 Å². The van der Waals surface area contributed by atoms with Crippen LogP contribution in [0.5, 0.6) is 0 Å². The molecule has 0 radical (unpaired) electrons. The molecule has 0 amide bonds. The Labute approximate surface area is 320 Å². The van der Waals surface area contributed by atoms with E-state index in [0.717, 1.165) is 24.3 Å².